The van der Waals surface area contributed by atoms with Gasteiger partial charge in [-0.15, -0.1) is 0 Å². The molecule has 8 nitrogen and oxygen atoms in total. The van der Waals surface area contributed by atoms with Gasteiger partial charge in [0, 0.05) is 35.7 Å². The van der Waals surface area contributed by atoms with Gasteiger partial charge in [-0.1, -0.05) is 17.7 Å². The van der Waals surface area contributed by atoms with E-state index < -0.39 is 0 Å². The zero-order chi connectivity index (χ0) is 26.6. The predicted octanol–water partition coefficient (Wildman–Crippen LogP) is 6.37. The van der Waals surface area contributed by atoms with Crippen molar-refractivity contribution in [3.8, 4) is 11.3 Å². The number of hydrogen-bond acceptors (Lipinski definition) is 6. The Morgan fingerprint density at radius 1 is 0.763 bits per heavy atom. The number of carbonyl (C=O) groups is 1. The van der Waals surface area contributed by atoms with Crippen LogP contribution < -0.4 is 16.0 Å². The average molecular weight is 508 g/mol. The van der Waals surface area contributed by atoms with Gasteiger partial charge in [0.05, 0.1) is 5.69 Å². The molecule has 0 aliphatic heterocycles. The summed E-state index contributed by atoms with van der Waals surface area (Å²) in [6.07, 6.45) is 0. The van der Waals surface area contributed by atoms with Gasteiger partial charge < -0.3 is 16.0 Å². The number of rotatable bonds is 7. The number of halogens is 1. The first-order valence-electron chi connectivity index (χ1n) is 12.0. The third-order valence-corrected chi connectivity index (χ3v) is 5.83. The third-order valence-electron chi connectivity index (χ3n) is 5.83. The average Bonchev–Trinajstić information content (AvgIpc) is 3.28. The maximum atomic E-state index is 13.2. The molecule has 0 spiro atoms. The van der Waals surface area contributed by atoms with Crippen LogP contribution in [-0.2, 0) is 7.05 Å². The summed E-state index contributed by atoms with van der Waals surface area (Å²) in [7, 11) is 1.70. The summed E-state index contributed by atoms with van der Waals surface area (Å²) in [6.45, 7) is 3.88. The van der Waals surface area contributed by atoms with E-state index in [9.17, 15) is 9.18 Å². The molecule has 2 heterocycles. The largest absolute Gasteiger partial charge is 0.340 e. The number of carbonyl (C=O) groups excluding carboxylic acids is 1. The molecule has 9 heteroatoms. The van der Waals surface area contributed by atoms with Crippen molar-refractivity contribution < 1.29 is 9.18 Å². The van der Waals surface area contributed by atoms with Crippen molar-refractivity contribution in [1.29, 1.82) is 0 Å². The molecule has 190 valence electrons. The van der Waals surface area contributed by atoms with Gasteiger partial charge in [-0.3, -0.25) is 9.48 Å². The summed E-state index contributed by atoms with van der Waals surface area (Å²) in [5, 5.41) is 13.9. The Balaban J connectivity index is 1.25. The smallest absolute Gasteiger partial charge is 0.273 e. The highest BCUT2D eigenvalue weighted by Crippen LogP contribution is 2.23. The SMILES string of the molecule is Cc1ccc(Nc2cc(Nc3ccc(NC(=O)c4cc(-c5ccc(F)cc5)nn4C)cc3)nc(C)n2)cc1. The van der Waals surface area contributed by atoms with Crippen LogP contribution in [0.5, 0.6) is 0 Å². The fourth-order valence-electron chi connectivity index (χ4n) is 3.90. The van der Waals surface area contributed by atoms with Crippen molar-refractivity contribution in [3.63, 3.8) is 0 Å². The second-order valence-corrected chi connectivity index (χ2v) is 8.88. The molecule has 38 heavy (non-hydrogen) atoms. The van der Waals surface area contributed by atoms with Crippen LogP contribution in [-0.4, -0.2) is 25.7 Å². The highest BCUT2D eigenvalue weighted by Gasteiger charge is 2.15. The zero-order valence-electron chi connectivity index (χ0n) is 21.2. The van der Waals surface area contributed by atoms with E-state index in [0.717, 1.165) is 16.9 Å². The summed E-state index contributed by atoms with van der Waals surface area (Å²) in [5.74, 6) is 1.34. The first-order valence-corrected chi connectivity index (χ1v) is 12.0. The zero-order valence-corrected chi connectivity index (χ0v) is 21.2. The monoisotopic (exact) mass is 507 g/mol. The molecule has 0 saturated carbocycles. The first-order chi connectivity index (χ1) is 18.3. The van der Waals surface area contributed by atoms with Gasteiger partial charge in [0.1, 0.15) is 29.0 Å². The molecule has 0 radical (unpaired) electrons. The van der Waals surface area contributed by atoms with Crippen molar-refractivity contribution in [2.75, 3.05) is 16.0 Å². The van der Waals surface area contributed by atoms with Crippen LogP contribution in [0.4, 0.5) is 33.1 Å². The van der Waals surface area contributed by atoms with Crippen molar-refractivity contribution in [3.05, 3.63) is 108 Å². The van der Waals surface area contributed by atoms with Crippen LogP contribution in [0.15, 0.2) is 84.9 Å². The molecule has 5 aromatic rings. The molecule has 2 aromatic heterocycles. The minimum atomic E-state index is -0.324. The number of aromatic nitrogens is 4. The minimum absolute atomic E-state index is 0.299. The Morgan fingerprint density at radius 3 is 1.92 bits per heavy atom. The highest BCUT2D eigenvalue weighted by atomic mass is 19.1. The number of hydrogen-bond donors (Lipinski definition) is 3. The molecule has 3 N–H and O–H groups in total. The lowest BCUT2D eigenvalue weighted by Gasteiger charge is -2.11. The highest BCUT2D eigenvalue weighted by molar-refractivity contribution is 6.03. The molecular formula is C29H26FN7O. The number of anilines is 5. The van der Waals surface area contributed by atoms with E-state index in [2.05, 4.69) is 31.0 Å². The van der Waals surface area contributed by atoms with Gasteiger partial charge in [-0.2, -0.15) is 5.10 Å². The van der Waals surface area contributed by atoms with Crippen LogP contribution in [0.2, 0.25) is 0 Å². The van der Waals surface area contributed by atoms with E-state index in [1.165, 1.54) is 22.4 Å². The van der Waals surface area contributed by atoms with Crippen LogP contribution in [0.1, 0.15) is 21.9 Å². The second-order valence-electron chi connectivity index (χ2n) is 8.88. The Labute approximate surface area is 219 Å². The summed E-state index contributed by atoms with van der Waals surface area (Å²) in [5.41, 5.74) is 5.27. The van der Waals surface area contributed by atoms with Crippen molar-refractivity contribution >= 4 is 34.6 Å². The standard InChI is InChI=1S/C29H26FN7O/c1-18-4-10-22(11-5-18)33-27-17-28(32-19(2)31-27)34-23-12-14-24(15-13-23)35-29(38)26-16-25(36-37(26)3)20-6-8-21(30)9-7-20/h4-17H,1-3H3,(H,35,38)(H2,31,32,33,34). The molecule has 0 saturated heterocycles. The van der Waals surface area contributed by atoms with Gasteiger partial charge in [0.15, 0.2) is 0 Å². The van der Waals surface area contributed by atoms with E-state index in [0.29, 0.717) is 34.5 Å². The van der Waals surface area contributed by atoms with Gasteiger partial charge in [-0.05, 0) is 80.6 Å². The quantitative estimate of drug-likeness (QED) is 0.237. The third kappa shape index (κ3) is 5.84. The molecule has 0 bridgehead atoms. The molecule has 0 atom stereocenters. The molecule has 3 aromatic carbocycles. The number of aryl methyl sites for hydroxylation is 3. The fraction of sp³-hybridized carbons (Fsp3) is 0.103. The van der Waals surface area contributed by atoms with E-state index >= 15 is 0 Å². The lowest BCUT2D eigenvalue weighted by molar-refractivity contribution is 0.101. The molecule has 1 amide bonds. The minimum Gasteiger partial charge on any atom is -0.340 e. The van der Waals surface area contributed by atoms with E-state index in [1.807, 2.05) is 56.3 Å². The Kier molecular flexibility index (Phi) is 6.82. The molecule has 0 unspecified atom stereocenters. The topological polar surface area (TPSA) is 96.8 Å². The maximum Gasteiger partial charge on any atom is 0.273 e. The van der Waals surface area contributed by atoms with Crippen LogP contribution in [0.3, 0.4) is 0 Å². The van der Waals surface area contributed by atoms with Gasteiger partial charge in [0.2, 0.25) is 0 Å². The van der Waals surface area contributed by atoms with Crippen LogP contribution in [0.25, 0.3) is 11.3 Å². The Morgan fingerprint density at radius 2 is 1.32 bits per heavy atom. The summed E-state index contributed by atoms with van der Waals surface area (Å²) in [6, 6.07) is 24.9. The van der Waals surface area contributed by atoms with Crippen molar-refractivity contribution in [2.45, 2.75) is 13.8 Å². The number of nitrogens with one attached hydrogen (secondary N) is 3. The van der Waals surface area contributed by atoms with Crippen LogP contribution >= 0.6 is 0 Å². The van der Waals surface area contributed by atoms with Gasteiger partial charge >= 0.3 is 0 Å². The summed E-state index contributed by atoms with van der Waals surface area (Å²) < 4.78 is 14.7. The van der Waals surface area contributed by atoms with Gasteiger partial charge in [-0.25, -0.2) is 14.4 Å². The molecule has 0 fully saturated rings. The summed E-state index contributed by atoms with van der Waals surface area (Å²) >= 11 is 0. The van der Waals surface area contributed by atoms with Gasteiger partial charge in [0.25, 0.3) is 5.91 Å². The first kappa shape index (κ1) is 24.6. The molecule has 0 aliphatic rings. The second kappa shape index (κ2) is 10.5. The lowest BCUT2D eigenvalue weighted by Crippen LogP contribution is -2.16. The Bertz CT molecular complexity index is 1580. The summed E-state index contributed by atoms with van der Waals surface area (Å²) in [4.78, 5) is 21.8. The number of amides is 1. The molecule has 5 rings (SSSR count). The maximum absolute atomic E-state index is 13.2. The van der Waals surface area contributed by atoms with E-state index in [4.69, 9.17) is 0 Å². The molecular weight excluding hydrogens is 481 g/mol. The molecule has 0 aliphatic carbocycles. The fourth-order valence-corrected chi connectivity index (χ4v) is 3.90. The van der Waals surface area contributed by atoms with E-state index in [-0.39, 0.29) is 11.7 Å². The van der Waals surface area contributed by atoms with Crippen molar-refractivity contribution in [1.82, 2.24) is 19.7 Å². The van der Waals surface area contributed by atoms with E-state index in [1.54, 1.807) is 37.4 Å². The number of nitrogens with zero attached hydrogens (tertiary/aromatic N) is 4. The number of benzene rings is 3. The lowest BCUT2D eigenvalue weighted by atomic mass is 10.1. The normalized spacial score (nSPS) is 10.7. The predicted molar refractivity (Wildman–Crippen MR) is 148 cm³/mol. The van der Waals surface area contributed by atoms with Crippen molar-refractivity contribution in [2.24, 2.45) is 7.05 Å². The van der Waals surface area contributed by atoms with Crippen LogP contribution in [0, 0.1) is 19.7 Å². The Hall–Kier alpha value is -5.05.